The zero-order valence-electron chi connectivity index (χ0n) is 14.1. The van der Waals surface area contributed by atoms with Gasteiger partial charge in [0.25, 0.3) is 0 Å². The van der Waals surface area contributed by atoms with Crippen molar-refractivity contribution < 1.29 is 14.3 Å². The van der Waals surface area contributed by atoms with Crippen molar-refractivity contribution in [3.8, 4) is 5.75 Å². The van der Waals surface area contributed by atoms with Gasteiger partial charge < -0.3 is 21.1 Å². The predicted octanol–water partition coefficient (Wildman–Crippen LogP) is 1.53. The zero-order chi connectivity index (χ0) is 17.4. The number of methoxy groups -OCH3 is 1. The van der Waals surface area contributed by atoms with E-state index in [2.05, 4.69) is 10.6 Å². The lowest BCUT2D eigenvalue weighted by Gasteiger charge is -2.15. The van der Waals surface area contributed by atoms with Crippen molar-refractivity contribution >= 4 is 35.8 Å². The fraction of sp³-hybridized carbons (Fsp3) is 0.500. The molecule has 0 saturated carbocycles. The number of halogens is 2. The van der Waals surface area contributed by atoms with E-state index in [1.807, 2.05) is 26.0 Å². The molecule has 24 heavy (non-hydrogen) atoms. The normalized spacial score (nSPS) is 11.4. The number of nitrogens with two attached hydrogens (primary N) is 1. The number of amides is 2. The molecule has 1 aromatic carbocycles. The van der Waals surface area contributed by atoms with Crippen LogP contribution in [-0.2, 0) is 16.0 Å². The Kier molecular flexibility index (Phi) is 10.4. The lowest BCUT2D eigenvalue weighted by Crippen LogP contribution is -2.47. The second-order valence-electron chi connectivity index (χ2n) is 5.54. The minimum Gasteiger partial charge on any atom is -0.497 e. The van der Waals surface area contributed by atoms with E-state index in [0.29, 0.717) is 23.7 Å². The van der Waals surface area contributed by atoms with Crippen LogP contribution in [0.25, 0.3) is 0 Å². The molecule has 2 amide bonds. The summed E-state index contributed by atoms with van der Waals surface area (Å²) < 4.78 is 5.08. The summed E-state index contributed by atoms with van der Waals surface area (Å²) >= 11 is 6.13. The molecule has 0 saturated heterocycles. The van der Waals surface area contributed by atoms with Gasteiger partial charge in [-0.3, -0.25) is 9.59 Å². The summed E-state index contributed by atoms with van der Waals surface area (Å²) in [6.45, 7) is 4.04. The molecule has 0 fully saturated rings. The summed E-state index contributed by atoms with van der Waals surface area (Å²) in [7, 11) is 1.57. The van der Waals surface area contributed by atoms with Crippen LogP contribution < -0.4 is 21.1 Å². The summed E-state index contributed by atoms with van der Waals surface area (Å²) in [6, 6.07) is 4.79. The smallest absolute Gasteiger partial charge is 0.239 e. The summed E-state index contributed by atoms with van der Waals surface area (Å²) in [4.78, 5) is 23.3. The second kappa shape index (κ2) is 11.1. The first kappa shape index (κ1) is 22.5. The average molecular weight is 378 g/mol. The van der Waals surface area contributed by atoms with E-state index in [9.17, 15) is 9.59 Å². The maximum atomic E-state index is 11.7. The molecule has 0 radical (unpaired) electrons. The van der Waals surface area contributed by atoms with Crippen LogP contribution in [0.15, 0.2) is 18.2 Å². The van der Waals surface area contributed by atoms with Crippen LogP contribution in [0.5, 0.6) is 5.75 Å². The predicted molar refractivity (Wildman–Crippen MR) is 97.8 cm³/mol. The van der Waals surface area contributed by atoms with E-state index in [-0.39, 0.29) is 36.7 Å². The maximum absolute atomic E-state index is 11.7. The largest absolute Gasteiger partial charge is 0.497 e. The second-order valence-corrected chi connectivity index (χ2v) is 5.95. The third kappa shape index (κ3) is 7.38. The Balaban J connectivity index is 0.00000529. The molecule has 136 valence electrons. The van der Waals surface area contributed by atoms with E-state index in [1.54, 1.807) is 13.2 Å². The van der Waals surface area contributed by atoms with Crippen molar-refractivity contribution in [3.63, 3.8) is 0 Å². The molecule has 6 nitrogen and oxygen atoms in total. The van der Waals surface area contributed by atoms with Crippen LogP contribution in [0.3, 0.4) is 0 Å². The van der Waals surface area contributed by atoms with Crippen LogP contribution in [-0.4, -0.2) is 38.1 Å². The Bertz CT molecular complexity index is 553. The zero-order valence-corrected chi connectivity index (χ0v) is 15.7. The van der Waals surface area contributed by atoms with E-state index >= 15 is 0 Å². The standard InChI is InChI=1S/C16H24ClN3O3.ClH/c1-10(2)15(18)16(22)20-9-14(21)19-7-6-11-4-5-12(23-3)8-13(11)17;/h4-5,8,10,15H,6-7,9,18H2,1-3H3,(H,19,21)(H,20,22);1H/t15-;/m0./s1. The number of hydrogen-bond donors (Lipinski definition) is 3. The van der Waals surface area contributed by atoms with Crippen LogP contribution in [0.2, 0.25) is 5.02 Å². The number of carbonyl (C=O) groups excluding carboxylic acids is 2. The molecule has 0 aliphatic rings. The molecule has 8 heteroatoms. The van der Waals surface area contributed by atoms with E-state index in [1.165, 1.54) is 0 Å². The van der Waals surface area contributed by atoms with E-state index < -0.39 is 6.04 Å². The lowest BCUT2D eigenvalue weighted by molar-refractivity contribution is -0.127. The highest BCUT2D eigenvalue weighted by molar-refractivity contribution is 6.31. The molecule has 0 bridgehead atoms. The molecule has 0 spiro atoms. The third-order valence-corrected chi connectivity index (χ3v) is 3.77. The summed E-state index contributed by atoms with van der Waals surface area (Å²) in [5.41, 5.74) is 6.61. The highest BCUT2D eigenvalue weighted by Gasteiger charge is 2.17. The molecule has 0 aromatic heterocycles. The fourth-order valence-electron chi connectivity index (χ4n) is 1.84. The Morgan fingerprint density at radius 3 is 2.50 bits per heavy atom. The van der Waals surface area contributed by atoms with Gasteiger partial charge in [-0.15, -0.1) is 12.4 Å². The van der Waals surface area contributed by atoms with Crippen molar-refractivity contribution in [2.75, 3.05) is 20.2 Å². The number of rotatable bonds is 8. The number of hydrogen-bond acceptors (Lipinski definition) is 4. The fourth-order valence-corrected chi connectivity index (χ4v) is 2.11. The molecular formula is C16H25Cl2N3O3. The summed E-state index contributed by atoms with van der Waals surface area (Å²) in [5.74, 6) is 0.120. The number of nitrogens with one attached hydrogen (secondary N) is 2. The first-order valence-electron chi connectivity index (χ1n) is 7.47. The minimum absolute atomic E-state index is 0. The minimum atomic E-state index is -0.610. The third-order valence-electron chi connectivity index (χ3n) is 3.42. The highest BCUT2D eigenvalue weighted by Crippen LogP contribution is 2.22. The van der Waals surface area contributed by atoms with E-state index in [4.69, 9.17) is 22.1 Å². The Hall–Kier alpha value is -1.50. The summed E-state index contributed by atoms with van der Waals surface area (Å²) in [5, 5.41) is 5.84. The van der Waals surface area contributed by atoms with Gasteiger partial charge in [0.2, 0.25) is 11.8 Å². The van der Waals surface area contributed by atoms with Gasteiger partial charge in [-0.2, -0.15) is 0 Å². The molecule has 0 unspecified atom stereocenters. The maximum Gasteiger partial charge on any atom is 0.239 e. The lowest BCUT2D eigenvalue weighted by atomic mass is 10.1. The molecule has 1 aromatic rings. The van der Waals surface area contributed by atoms with Gasteiger partial charge in [0.1, 0.15) is 5.75 Å². The first-order valence-corrected chi connectivity index (χ1v) is 7.85. The Morgan fingerprint density at radius 1 is 1.29 bits per heavy atom. The molecule has 0 heterocycles. The Morgan fingerprint density at radius 2 is 1.96 bits per heavy atom. The van der Waals surface area contributed by atoms with Crippen molar-refractivity contribution in [3.05, 3.63) is 28.8 Å². The van der Waals surface area contributed by atoms with Gasteiger partial charge in [0.05, 0.1) is 19.7 Å². The van der Waals surface area contributed by atoms with Gasteiger partial charge in [-0.05, 0) is 30.0 Å². The number of ether oxygens (including phenoxy) is 1. The van der Waals surface area contributed by atoms with Crippen LogP contribution in [0, 0.1) is 5.92 Å². The molecule has 0 aliphatic carbocycles. The number of carbonyl (C=O) groups is 2. The molecule has 4 N–H and O–H groups in total. The van der Waals surface area contributed by atoms with Gasteiger partial charge in [0.15, 0.2) is 0 Å². The van der Waals surface area contributed by atoms with Crippen LogP contribution >= 0.6 is 24.0 Å². The molecular weight excluding hydrogens is 353 g/mol. The molecule has 1 atom stereocenters. The van der Waals surface area contributed by atoms with E-state index in [0.717, 1.165) is 5.56 Å². The quantitative estimate of drug-likeness (QED) is 0.640. The van der Waals surface area contributed by atoms with Gasteiger partial charge >= 0.3 is 0 Å². The van der Waals surface area contributed by atoms with Crippen molar-refractivity contribution in [2.45, 2.75) is 26.3 Å². The summed E-state index contributed by atoms with van der Waals surface area (Å²) in [6.07, 6.45) is 0.591. The average Bonchev–Trinajstić information content (AvgIpc) is 2.53. The first-order chi connectivity index (χ1) is 10.8. The van der Waals surface area contributed by atoms with Crippen LogP contribution in [0.4, 0.5) is 0 Å². The molecule has 1 rings (SSSR count). The van der Waals surface area contributed by atoms with Gasteiger partial charge in [0, 0.05) is 11.6 Å². The van der Waals surface area contributed by atoms with Gasteiger partial charge in [-0.1, -0.05) is 31.5 Å². The monoisotopic (exact) mass is 377 g/mol. The Labute approximate surface area is 153 Å². The molecule has 0 aliphatic heterocycles. The highest BCUT2D eigenvalue weighted by atomic mass is 35.5. The number of benzene rings is 1. The van der Waals surface area contributed by atoms with Crippen molar-refractivity contribution in [1.29, 1.82) is 0 Å². The SMILES string of the molecule is COc1ccc(CCNC(=O)CNC(=O)[C@@H](N)C(C)C)c(Cl)c1.Cl. The van der Waals surface area contributed by atoms with Crippen molar-refractivity contribution in [1.82, 2.24) is 10.6 Å². The topological polar surface area (TPSA) is 93.5 Å². The van der Waals surface area contributed by atoms with Gasteiger partial charge in [-0.25, -0.2) is 0 Å². The van der Waals surface area contributed by atoms with Crippen LogP contribution in [0.1, 0.15) is 19.4 Å². The van der Waals surface area contributed by atoms with Crippen molar-refractivity contribution in [2.24, 2.45) is 11.7 Å².